The van der Waals surface area contributed by atoms with Gasteiger partial charge in [-0.3, -0.25) is 19.1 Å². The molecule has 8 heteroatoms. The Morgan fingerprint density at radius 2 is 2.08 bits per heavy atom. The highest BCUT2D eigenvalue weighted by atomic mass is 16.3. The van der Waals surface area contributed by atoms with Crippen LogP contribution in [0.2, 0.25) is 0 Å². The van der Waals surface area contributed by atoms with E-state index in [0.29, 0.717) is 12.0 Å². The van der Waals surface area contributed by atoms with Gasteiger partial charge in [0.2, 0.25) is 5.91 Å². The third kappa shape index (κ3) is 3.75. The molecule has 8 nitrogen and oxygen atoms in total. The number of nitrogens with zero attached hydrogens (tertiary/aromatic N) is 1. The smallest absolute Gasteiger partial charge is 0.328 e. The molecule has 2 aromatic heterocycles. The summed E-state index contributed by atoms with van der Waals surface area (Å²) in [6.45, 7) is 1.09. The Balaban J connectivity index is 1.70. The number of aliphatic hydroxyl groups is 1. The fraction of sp³-hybridized carbons (Fsp3) is 0.278. The molecule has 1 aromatic carbocycles. The molecule has 136 valence electrons. The van der Waals surface area contributed by atoms with Crippen molar-refractivity contribution >= 4 is 16.8 Å². The van der Waals surface area contributed by atoms with Crippen LogP contribution in [-0.4, -0.2) is 38.2 Å². The van der Waals surface area contributed by atoms with E-state index in [1.165, 1.54) is 6.20 Å². The molecule has 3 aromatic rings. The van der Waals surface area contributed by atoms with E-state index in [1.807, 2.05) is 30.5 Å². The Morgan fingerprint density at radius 1 is 1.31 bits per heavy atom. The number of benzene rings is 1. The number of fused-ring (bicyclic) bond motifs is 1. The minimum absolute atomic E-state index is 0.231. The van der Waals surface area contributed by atoms with Crippen molar-refractivity contribution in [2.24, 2.45) is 0 Å². The third-order valence-electron chi connectivity index (χ3n) is 4.23. The van der Waals surface area contributed by atoms with Crippen molar-refractivity contribution in [3.05, 3.63) is 68.6 Å². The van der Waals surface area contributed by atoms with E-state index < -0.39 is 23.2 Å². The first-order valence-corrected chi connectivity index (χ1v) is 8.23. The highest BCUT2D eigenvalue weighted by Crippen LogP contribution is 2.19. The standard InChI is InChI=1S/C18H20N4O4/c1-11-8-22(18(26)21-17(11)25)9-16(24)20-13(10-23)6-12-7-19-15-5-3-2-4-14(12)15/h2-5,7-8,13,19,23H,6,9-10H2,1H3,(H,20,24)(H,21,25,26)/t13-/m0/s1. The number of H-pyrrole nitrogens is 2. The van der Waals surface area contributed by atoms with E-state index in [2.05, 4.69) is 15.3 Å². The fourth-order valence-electron chi connectivity index (χ4n) is 2.89. The molecule has 4 N–H and O–H groups in total. The summed E-state index contributed by atoms with van der Waals surface area (Å²) in [7, 11) is 0. The van der Waals surface area contributed by atoms with E-state index in [1.54, 1.807) is 6.92 Å². The zero-order valence-electron chi connectivity index (χ0n) is 14.3. The third-order valence-corrected chi connectivity index (χ3v) is 4.23. The number of hydrogen-bond acceptors (Lipinski definition) is 4. The first-order valence-electron chi connectivity index (χ1n) is 8.23. The van der Waals surface area contributed by atoms with Crippen LogP contribution < -0.4 is 16.6 Å². The van der Waals surface area contributed by atoms with Gasteiger partial charge in [0.1, 0.15) is 6.54 Å². The van der Waals surface area contributed by atoms with E-state index in [4.69, 9.17) is 0 Å². The van der Waals surface area contributed by atoms with E-state index in [-0.39, 0.29) is 13.2 Å². The van der Waals surface area contributed by atoms with E-state index in [0.717, 1.165) is 21.0 Å². The Labute approximate surface area is 148 Å². The van der Waals surface area contributed by atoms with Gasteiger partial charge in [0.15, 0.2) is 0 Å². The molecule has 3 rings (SSSR count). The van der Waals surface area contributed by atoms with Gasteiger partial charge < -0.3 is 15.4 Å². The van der Waals surface area contributed by atoms with Gasteiger partial charge in [0.05, 0.1) is 12.6 Å². The lowest BCUT2D eigenvalue weighted by molar-refractivity contribution is -0.122. The topological polar surface area (TPSA) is 120 Å². The van der Waals surface area contributed by atoms with Crippen LogP contribution in [0.15, 0.2) is 46.2 Å². The first kappa shape index (κ1) is 17.7. The number of para-hydroxylation sites is 1. The van der Waals surface area contributed by atoms with Crippen molar-refractivity contribution in [2.45, 2.75) is 25.9 Å². The summed E-state index contributed by atoms with van der Waals surface area (Å²) in [5.74, 6) is -0.419. The molecule has 0 fully saturated rings. The Bertz CT molecular complexity index is 1050. The van der Waals surface area contributed by atoms with Crippen LogP contribution in [0.4, 0.5) is 0 Å². The predicted octanol–water partition coefficient (Wildman–Crippen LogP) is 0.0461. The van der Waals surface area contributed by atoms with Gasteiger partial charge in [0.25, 0.3) is 5.56 Å². The van der Waals surface area contributed by atoms with Gasteiger partial charge in [-0.15, -0.1) is 0 Å². The summed E-state index contributed by atoms with van der Waals surface area (Å²) in [5.41, 5.74) is 1.19. The number of aliphatic hydroxyl groups excluding tert-OH is 1. The maximum absolute atomic E-state index is 12.2. The minimum atomic E-state index is -0.645. The van der Waals surface area contributed by atoms with Gasteiger partial charge in [0, 0.05) is 28.9 Å². The van der Waals surface area contributed by atoms with Gasteiger partial charge in [-0.05, 0) is 25.0 Å². The number of amides is 1. The van der Waals surface area contributed by atoms with Crippen molar-refractivity contribution in [3.8, 4) is 0 Å². The number of aryl methyl sites for hydroxylation is 1. The second-order valence-corrected chi connectivity index (χ2v) is 6.21. The molecule has 0 aliphatic rings. The van der Waals surface area contributed by atoms with Crippen molar-refractivity contribution in [1.29, 1.82) is 0 Å². The zero-order chi connectivity index (χ0) is 18.7. The molecule has 1 amide bonds. The molecule has 0 saturated carbocycles. The number of aromatic amines is 2. The fourth-order valence-corrected chi connectivity index (χ4v) is 2.89. The van der Waals surface area contributed by atoms with Crippen LogP contribution in [0.5, 0.6) is 0 Å². The molecule has 0 spiro atoms. The normalized spacial score (nSPS) is 12.2. The molecule has 26 heavy (non-hydrogen) atoms. The van der Waals surface area contributed by atoms with Crippen molar-refractivity contribution < 1.29 is 9.90 Å². The van der Waals surface area contributed by atoms with Crippen LogP contribution in [0.3, 0.4) is 0 Å². The molecular formula is C18H20N4O4. The van der Waals surface area contributed by atoms with Gasteiger partial charge in [-0.2, -0.15) is 0 Å². The molecule has 0 unspecified atom stereocenters. The summed E-state index contributed by atoms with van der Waals surface area (Å²) in [6, 6.07) is 7.30. The second kappa shape index (κ2) is 7.40. The number of carbonyl (C=O) groups is 1. The predicted molar refractivity (Wildman–Crippen MR) is 97.1 cm³/mol. The zero-order valence-corrected chi connectivity index (χ0v) is 14.3. The van der Waals surface area contributed by atoms with Crippen molar-refractivity contribution in [3.63, 3.8) is 0 Å². The number of aromatic nitrogens is 3. The van der Waals surface area contributed by atoms with Gasteiger partial charge in [-0.1, -0.05) is 18.2 Å². The lowest BCUT2D eigenvalue weighted by Crippen LogP contribution is -2.43. The minimum Gasteiger partial charge on any atom is -0.394 e. The van der Waals surface area contributed by atoms with Crippen molar-refractivity contribution in [2.75, 3.05) is 6.61 Å². The monoisotopic (exact) mass is 356 g/mol. The molecule has 0 bridgehead atoms. The summed E-state index contributed by atoms with van der Waals surface area (Å²) >= 11 is 0. The summed E-state index contributed by atoms with van der Waals surface area (Å²) in [6.07, 6.45) is 3.65. The lowest BCUT2D eigenvalue weighted by Gasteiger charge is -2.16. The highest BCUT2D eigenvalue weighted by Gasteiger charge is 2.15. The van der Waals surface area contributed by atoms with Crippen LogP contribution in [0, 0.1) is 6.92 Å². The van der Waals surface area contributed by atoms with Crippen LogP contribution in [0.25, 0.3) is 10.9 Å². The molecule has 0 saturated heterocycles. The average molecular weight is 356 g/mol. The van der Waals surface area contributed by atoms with Crippen LogP contribution >= 0.6 is 0 Å². The summed E-state index contributed by atoms with van der Waals surface area (Å²) < 4.78 is 1.13. The summed E-state index contributed by atoms with van der Waals surface area (Å²) in [5, 5.41) is 13.4. The number of hydrogen-bond donors (Lipinski definition) is 4. The van der Waals surface area contributed by atoms with Gasteiger partial charge >= 0.3 is 5.69 Å². The van der Waals surface area contributed by atoms with Crippen LogP contribution in [0.1, 0.15) is 11.1 Å². The highest BCUT2D eigenvalue weighted by molar-refractivity contribution is 5.83. The quantitative estimate of drug-likeness (QED) is 0.499. The maximum Gasteiger partial charge on any atom is 0.328 e. The van der Waals surface area contributed by atoms with Crippen molar-refractivity contribution in [1.82, 2.24) is 19.9 Å². The van der Waals surface area contributed by atoms with Gasteiger partial charge in [-0.25, -0.2) is 4.79 Å². The molecule has 2 heterocycles. The SMILES string of the molecule is Cc1cn(CC(=O)N[C@H](CO)Cc2c[nH]c3ccccc23)c(=O)[nH]c1=O. The Hall–Kier alpha value is -3.13. The number of rotatable bonds is 6. The molecule has 1 atom stereocenters. The molecular weight excluding hydrogens is 336 g/mol. The first-order chi connectivity index (χ1) is 12.5. The summed E-state index contributed by atoms with van der Waals surface area (Å²) in [4.78, 5) is 40.7. The Morgan fingerprint density at radius 3 is 2.85 bits per heavy atom. The molecule has 0 radical (unpaired) electrons. The largest absolute Gasteiger partial charge is 0.394 e. The Kier molecular flexibility index (Phi) is 5.04. The molecule has 0 aliphatic carbocycles. The van der Waals surface area contributed by atoms with E-state index >= 15 is 0 Å². The molecule has 0 aliphatic heterocycles. The number of carbonyl (C=O) groups excluding carboxylic acids is 1. The van der Waals surface area contributed by atoms with Crippen LogP contribution in [-0.2, 0) is 17.8 Å². The average Bonchev–Trinajstić information content (AvgIpc) is 3.02. The lowest BCUT2D eigenvalue weighted by atomic mass is 10.1. The second-order valence-electron chi connectivity index (χ2n) is 6.21. The number of nitrogens with one attached hydrogen (secondary N) is 3. The van der Waals surface area contributed by atoms with E-state index in [9.17, 15) is 19.5 Å². The maximum atomic E-state index is 12.2.